The lowest BCUT2D eigenvalue weighted by Crippen LogP contribution is -2.43. The molecule has 0 bridgehead atoms. The summed E-state index contributed by atoms with van der Waals surface area (Å²) in [5.74, 6) is 1.36. The number of hydrogen-bond donors (Lipinski definition) is 1. The number of nitrogens with zero attached hydrogens (tertiary/aromatic N) is 3. The Bertz CT molecular complexity index is 340. The summed E-state index contributed by atoms with van der Waals surface area (Å²) < 4.78 is 0.912. The maximum Gasteiger partial charge on any atom is 0.222 e. The van der Waals surface area contributed by atoms with Crippen LogP contribution in [0.1, 0.15) is 13.3 Å². The van der Waals surface area contributed by atoms with E-state index < -0.39 is 0 Å². The lowest BCUT2D eigenvalue weighted by molar-refractivity contribution is 0.206. The molecule has 1 aliphatic rings. The van der Waals surface area contributed by atoms with Crippen molar-refractivity contribution in [1.82, 2.24) is 14.9 Å². The molecule has 2 unspecified atom stereocenters. The molecular weight excluding hydrogens is 268 g/mol. The Morgan fingerprint density at radius 1 is 1.44 bits per heavy atom. The van der Waals surface area contributed by atoms with Crippen LogP contribution in [-0.4, -0.2) is 41.0 Å². The fourth-order valence-corrected chi connectivity index (χ4v) is 2.33. The summed E-state index contributed by atoms with van der Waals surface area (Å²) >= 11 is 3.33. The van der Waals surface area contributed by atoms with E-state index in [9.17, 15) is 0 Å². The van der Waals surface area contributed by atoms with Gasteiger partial charge in [-0.2, -0.15) is 0 Å². The van der Waals surface area contributed by atoms with E-state index >= 15 is 0 Å². The van der Waals surface area contributed by atoms with E-state index in [1.54, 1.807) is 12.4 Å². The highest BCUT2D eigenvalue weighted by Gasteiger charge is 2.24. The summed E-state index contributed by atoms with van der Waals surface area (Å²) in [6.07, 6.45) is 4.70. The fraction of sp³-hybridized carbons (Fsp3) is 0.636. The van der Waals surface area contributed by atoms with Gasteiger partial charge in [0.1, 0.15) is 0 Å². The van der Waals surface area contributed by atoms with E-state index in [2.05, 4.69) is 50.1 Å². The monoisotopic (exact) mass is 284 g/mol. The van der Waals surface area contributed by atoms with Crippen LogP contribution in [-0.2, 0) is 0 Å². The molecule has 0 amide bonds. The second-order valence-electron chi connectivity index (χ2n) is 4.50. The van der Waals surface area contributed by atoms with Gasteiger partial charge in [-0.1, -0.05) is 6.92 Å². The smallest absolute Gasteiger partial charge is 0.222 e. The third kappa shape index (κ3) is 2.92. The molecule has 2 atom stereocenters. The molecule has 1 saturated heterocycles. The first-order chi connectivity index (χ1) is 7.65. The predicted molar refractivity (Wildman–Crippen MR) is 68.4 cm³/mol. The van der Waals surface area contributed by atoms with Crippen molar-refractivity contribution in [2.75, 3.05) is 25.5 Å². The number of halogens is 1. The number of likely N-dealkylation sites (tertiary alicyclic amines) is 1. The van der Waals surface area contributed by atoms with Gasteiger partial charge in [-0.15, -0.1) is 0 Å². The lowest BCUT2D eigenvalue weighted by Gasteiger charge is -2.35. The summed E-state index contributed by atoms with van der Waals surface area (Å²) in [4.78, 5) is 10.9. The minimum atomic E-state index is 0.484. The molecule has 16 heavy (non-hydrogen) atoms. The molecular formula is C11H17BrN4. The van der Waals surface area contributed by atoms with Crippen molar-refractivity contribution < 1.29 is 0 Å². The van der Waals surface area contributed by atoms with Crippen LogP contribution in [0.5, 0.6) is 0 Å². The van der Waals surface area contributed by atoms with Crippen LogP contribution < -0.4 is 5.32 Å². The summed E-state index contributed by atoms with van der Waals surface area (Å²) in [7, 11) is 2.17. The van der Waals surface area contributed by atoms with Crippen molar-refractivity contribution in [1.29, 1.82) is 0 Å². The van der Waals surface area contributed by atoms with Gasteiger partial charge in [-0.3, -0.25) is 0 Å². The van der Waals surface area contributed by atoms with Crippen molar-refractivity contribution in [3.05, 3.63) is 16.9 Å². The molecule has 0 saturated carbocycles. The predicted octanol–water partition coefficient (Wildman–Crippen LogP) is 1.99. The molecule has 2 rings (SSSR count). The van der Waals surface area contributed by atoms with Crippen molar-refractivity contribution in [3.63, 3.8) is 0 Å². The third-order valence-electron chi connectivity index (χ3n) is 3.04. The van der Waals surface area contributed by atoms with Crippen molar-refractivity contribution in [2.24, 2.45) is 5.92 Å². The standard InChI is InChI=1S/C11H17BrN4/c1-8-7-16(2)4-3-10(8)15-11-13-5-9(12)6-14-11/h5-6,8,10H,3-4,7H2,1-2H3,(H,13,14,15). The van der Waals surface area contributed by atoms with Gasteiger partial charge in [-0.25, -0.2) is 9.97 Å². The lowest BCUT2D eigenvalue weighted by atomic mass is 9.94. The molecule has 0 radical (unpaired) electrons. The minimum absolute atomic E-state index is 0.484. The highest BCUT2D eigenvalue weighted by molar-refractivity contribution is 9.10. The maximum atomic E-state index is 4.24. The number of aromatic nitrogens is 2. The van der Waals surface area contributed by atoms with Crippen LogP contribution >= 0.6 is 15.9 Å². The normalized spacial score (nSPS) is 26.7. The van der Waals surface area contributed by atoms with Crippen LogP contribution in [0.15, 0.2) is 16.9 Å². The van der Waals surface area contributed by atoms with Crippen LogP contribution in [0.2, 0.25) is 0 Å². The molecule has 4 nitrogen and oxygen atoms in total. The third-order valence-corrected chi connectivity index (χ3v) is 3.45. The molecule has 1 aliphatic heterocycles. The quantitative estimate of drug-likeness (QED) is 0.902. The Morgan fingerprint density at radius 3 is 2.75 bits per heavy atom. The zero-order valence-corrected chi connectivity index (χ0v) is 11.2. The molecule has 1 fully saturated rings. The SMILES string of the molecule is CC1CN(C)CCC1Nc1ncc(Br)cn1. The average molecular weight is 285 g/mol. The Morgan fingerprint density at radius 2 is 2.12 bits per heavy atom. The fourth-order valence-electron chi connectivity index (χ4n) is 2.12. The van der Waals surface area contributed by atoms with E-state index in [0.29, 0.717) is 12.0 Å². The molecule has 1 N–H and O–H groups in total. The first kappa shape index (κ1) is 11.8. The van der Waals surface area contributed by atoms with Crippen molar-refractivity contribution in [2.45, 2.75) is 19.4 Å². The molecule has 0 spiro atoms. The zero-order chi connectivity index (χ0) is 11.5. The number of anilines is 1. The topological polar surface area (TPSA) is 41.0 Å². The number of hydrogen-bond acceptors (Lipinski definition) is 4. The maximum absolute atomic E-state index is 4.24. The summed E-state index contributed by atoms with van der Waals surface area (Å²) in [6, 6.07) is 0.484. The first-order valence-electron chi connectivity index (χ1n) is 5.58. The zero-order valence-electron chi connectivity index (χ0n) is 9.65. The van der Waals surface area contributed by atoms with Gasteiger partial charge in [-0.05, 0) is 41.9 Å². The van der Waals surface area contributed by atoms with Gasteiger partial charge in [0.15, 0.2) is 0 Å². The Hall–Kier alpha value is -0.680. The van der Waals surface area contributed by atoms with Gasteiger partial charge < -0.3 is 10.2 Å². The van der Waals surface area contributed by atoms with Gasteiger partial charge in [0, 0.05) is 25.0 Å². The molecule has 5 heteroatoms. The summed E-state index contributed by atoms with van der Waals surface area (Å²) in [5.41, 5.74) is 0. The molecule has 0 aliphatic carbocycles. The van der Waals surface area contributed by atoms with E-state index in [1.807, 2.05) is 0 Å². The molecule has 0 aromatic carbocycles. The van der Waals surface area contributed by atoms with E-state index in [1.165, 1.54) is 0 Å². The number of piperidine rings is 1. The second kappa shape index (κ2) is 5.10. The average Bonchev–Trinajstić information content (AvgIpc) is 2.25. The van der Waals surface area contributed by atoms with Crippen LogP contribution in [0, 0.1) is 5.92 Å². The first-order valence-corrected chi connectivity index (χ1v) is 6.37. The van der Waals surface area contributed by atoms with Gasteiger partial charge in [0.2, 0.25) is 5.95 Å². The highest BCUT2D eigenvalue weighted by atomic mass is 79.9. The van der Waals surface area contributed by atoms with Crippen LogP contribution in [0.4, 0.5) is 5.95 Å². The summed E-state index contributed by atoms with van der Waals surface area (Å²) in [6.45, 7) is 4.54. The molecule has 1 aromatic heterocycles. The van der Waals surface area contributed by atoms with Crippen molar-refractivity contribution >= 4 is 21.9 Å². The highest BCUT2D eigenvalue weighted by Crippen LogP contribution is 2.18. The van der Waals surface area contributed by atoms with Crippen LogP contribution in [0.3, 0.4) is 0 Å². The van der Waals surface area contributed by atoms with Gasteiger partial charge in [0.25, 0.3) is 0 Å². The number of nitrogens with one attached hydrogen (secondary N) is 1. The summed E-state index contributed by atoms with van der Waals surface area (Å²) in [5, 5.41) is 3.41. The molecule has 88 valence electrons. The molecule has 2 heterocycles. The largest absolute Gasteiger partial charge is 0.351 e. The second-order valence-corrected chi connectivity index (χ2v) is 5.42. The molecule has 1 aromatic rings. The Kier molecular flexibility index (Phi) is 3.76. The minimum Gasteiger partial charge on any atom is -0.351 e. The van der Waals surface area contributed by atoms with Gasteiger partial charge >= 0.3 is 0 Å². The Balaban J connectivity index is 1.96. The van der Waals surface area contributed by atoms with Crippen LogP contribution in [0.25, 0.3) is 0 Å². The van der Waals surface area contributed by atoms with E-state index in [4.69, 9.17) is 0 Å². The number of rotatable bonds is 2. The van der Waals surface area contributed by atoms with E-state index in [-0.39, 0.29) is 0 Å². The van der Waals surface area contributed by atoms with Crippen molar-refractivity contribution in [3.8, 4) is 0 Å². The van der Waals surface area contributed by atoms with E-state index in [0.717, 1.165) is 29.9 Å². The van der Waals surface area contributed by atoms with Gasteiger partial charge in [0.05, 0.1) is 4.47 Å². The Labute approximate surface area is 105 Å².